The molecule has 1 aliphatic rings. The van der Waals surface area contributed by atoms with E-state index < -0.39 is 0 Å². The van der Waals surface area contributed by atoms with Gasteiger partial charge in [-0.25, -0.2) is 4.98 Å². The van der Waals surface area contributed by atoms with Gasteiger partial charge in [-0.05, 0) is 32.2 Å². The Labute approximate surface area is 101 Å². The lowest BCUT2D eigenvalue weighted by atomic mass is 9.91. The van der Waals surface area contributed by atoms with Gasteiger partial charge < -0.3 is 10.1 Å². The third-order valence-corrected chi connectivity index (χ3v) is 4.10. The lowest BCUT2D eigenvalue weighted by molar-refractivity contribution is 0.0542. The first kappa shape index (κ1) is 12.0. The molecule has 1 saturated heterocycles. The first-order valence-electron chi connectivity index (χ1n) is 6.04. The Kier molecular flexibility index (Phi) is 4.32. The summed E-state index contributed by atoms with van der Waals surface area (Å²) in [4.78, 5) is 5.74. The Hall–Kier alpha value is -0.450. The molecule has 1 aromatic rings. The van der Waals surface area contributed by atoms with Crippen LogP contribution in [0.1, 0.15) is 35.7 Å². The van der Waals surface area contributed by atoms with Crippen LogP contribution in [0.2, 0.25) is 0 Å². The first-order chi connectivity index (χ1) is 7.81. The van der Waals surface area contributed by atoms with Crippen molar-refractivity contribution >= 4 is 11.3 Å². The summed E-state index contributed by atoms with van der Waals surface area (Å²) in [6.07, 6.45) is 4.35. The van der Waals surface area contributed by atoms with E-state index in [2.05, 4.69) is 24.1 Å². The highest BCUT2D eigenvalue weighted by Crippen LogP contribution is 2.32. The second-order valence-corrected chi connectivity index (χ2v) is 5.53. The molecule has 1 aromatic heterocycles. The van der Waals surface area contributed by atoms with Gasteiger partial charge in [-0.3, -0.25) is 0 Å². The lowest BCUT2D eigenvalue weighted by Gasteiger charge is -2.30. The molecule has 3 nitrogen and oxygen atoms in total. The molecule has 2 rings (SSSR count). The van der Waals surface area contributed by atoms with Crippen molar-refractivity contribution in [1.29, 1.82) is 0 Å². The molecule has 1 aliphatic heterocycles. The minimum Gasteiger partial charge on any atom is -0.381 e. The van der Waals surface area contributed by atoms with Gasteiger partial charge in [-0.2, -0.15) is 0 Å². The van der Waals surface area contributed by atoms with Crippen molar-refractivity contribution < 1.29 is 4.74 Å². The van der Waals surface area contributed by atoms with Crippen LogP contribution in [0.25, 0.3) is 0 Å². The van der Waals surface area contributed by atoms with E-state index >= 15 is 0 Å². The molecule has 0 bridgehead atoms. The third-order valence-electron chi connectivity index (χ3n) is 3.11. The summed E-state index contributed by atoms with van der Waals surface area (Å²) in [5.74, 6) is 0.702. The highest BCUT2D eigenvalue weighted by atomic mass is 32.1. The van der Waals surface area contributed by atoms with Gasteiger partial charge in [0.1, 0.15) is 0 Å². The molecule has 1 unspecified atom stereocenters. The average Bonchev–Trinajstić information content (AvgIpc) is 2.74. The zero-order valence-electron chi connectivity index (χ0n) is 10.0. The summed E-state index contributed by atoms with van der Waals surface area (Å²) >= 11 is 1.82. The quantitative estimate of drug-likeness (QED) is 0.878. The fraction of sp³-hybridized carbons (Fsp3) is 0.750. The number of aromatic nitrogens is 1. The van der Waals surface area contributed by atoms with Crippen LogP contribution >= 0.6 is 11.3 Å². The van der Waals surface area contributed by atoms with E-state index in [-0.39, 0.29) is 0 Å². The fourth-order valence-corrected chi connectivity index (χ4v) is 3.24. The fourth-order valence-electron chi connectivity index (χ4n) is 2.29. The normalized spacial score (nSPS) is 19.9. The second kappa shape index (κ2) is 5.75. The van der Waals surface area contributed by atoms with Crippen LogP contribution in [0.5, 0.6) is 0 Å². The standard InChI is InChI=1S/C12H20N2OS/c1-3-13-12(10-4-6-15-7-5-10)11-8-14-9(2)16-11/h8,10,12-13H,3-7H2,1-2H3. The summed E-state index contributed by atoms with van der Waals surface area (Å²) in [6, 6.07) is 0.472. The number of thiazole rings is 1. The van der Waals surface area contributed by atoms with Crippen LogP contribution in [0.15, 0.2) is 6.20 Å². The Morgan fingerprint density at radius 3 is 2.88 bits per heavy atom. The molecule has 16 heavy (non-hydrogen) atoms. The van der Waals surface area contributed by atoms with Crippen molar-refractivity contribution in [3.63, 3.8) is 0 Å². The van der Waals surface area contributed by atoms with Crippen LogP contribution in [0.4, 0.5) is 0 Å². The molecule has 0 aromatic carbocycles. The van der Waals surface area contributed by atoms with E-state index in [4.69, 9.17) is 4.74 Å². The van der Waals surface area contributed by atoms with Crippen LogP contribution in [0, 0.1) is 12.8 Å². The number of hydrogen-bond acceptors (Lipinski definition) is 4. The zero-order chi connectivity index (χ0) is 11.4. The van der Waals surface area contributed by atoms with E-state index in [1.54, 1.807) is 0 Å². The van der Waals surface area contributed by atoms with E-state index in [0.717, 1.165) is 37.6 Å². The maximum Gasteiger partial charge on any atom is 0.0897 e. The molecule has 2 heterocycles. The molecule has 0 radical (unpaired) electrons. The lowest BCUT2D eigenvalue weighted by Crippen LogP contribution is -2.31. The minimum absolute atomic E-state index is 0.472. The number of ether oxygens (including phenoxy) is 1. The third kappa shape index (κ3) is 2.81. The molecule has 4 heteroatoms. The van der Waals surface area contributed by atoms with Gasteiger partial charge in [0.15, 0.2) is 0 Å². The first-order valence-corrected chi connectivity index (χ1v) is 6.86. The minimum atomic E-state index is 0.472. The summed E-state index contributed by atoms with van der Waals surface area (Å²) < 4.78 is 5.43. The van der Waals surface area contributed by atoms with Gasteiger partial charge in [0.05, 0.1) is 5.01 Å². The highest BCUT2D eigenvalue weighted by molar-refractivity contribution is 7.11. The van der Waals surface area contributed by atoms with Crippen molar-refractivity contribution in [2.75, 3.05) is 19.8 Å². The monoisotopic (exact) mass is 240 g/mol. The molecule has 0 spiro atoms. The Bertz CT molecular complexity index is 321. The number of nitrogens with one attached hydrogen (secondary N) is 1. The summed E-state index contributed by atoms with van der Waals surface area (Å²) in [7, 11) is 0. The maximum absolute atomic E-state index is 5.43. The molecule has 90 valence electrons. The highest BCUT2D eigenvalue weighted by Gasteiger charge is 2.25. The molecule has 0 saturated carbocycles. The van der Waals surface area contributed by atoms with E-state index in [1.807, 2.05) is 17.5 Å². The zero-order valence-corrected chi connectivity index (χ0v) is 10.8. The predicted octanol–water partition coefficient (Wildman–Crippen LogP) is 2.53. The topological polar surface area (TPSA) is 34.2 Å². The Morgan fingerprint density at radius 1 is 1.56 bits per heavy atom. The van der Waals surface area contributed by atoms with Crippen molar-refractivity contribution in [2.24, 2.45) is 5.92 Å². The van der Waals surface area contributed by atoms with Gasteiger partial charge >= 0.3 is 0 Å². The van der Waals surface area contributed by atoms with E-state index in [0.29, 0.717) is 12.0 Å². The number of aryl methyl sites for hydroxylation is 1. The molecular formula is C12H20N2OS. The average molecular weight is 240 g/mol. The molecular weight excluding hydrogens is 220 g/mol. The summed E-state index contributed by atoms with van der Waals surface area (Å²) in [6.45, 7) is 7.06. The van der Waals surface area contributed by atoms with Crippen LogP contribution in [0.3, 0.4) is 0 Å². The van der Waals surface area contributed by atoms with Crippen molar-refractivity contribution in [1.82, 2.24) is 10.3 Å². The largest absolute Gasteiger partial charge is 0.381 e. The van der Waals surface area contributed by atoms with Crippen LogP contribution < -0.4 is 5.32 Å². The second-order valence-electron chi connectivity index (χ2n) is 4.27. The smallest absolute Gasteiger partial charge is 0.0897 e. The van der Waals surface area contributed by atoms with Gasteiger partial charge in [-0.15, -0.1) is 11.3 Å². The molecule has 0 aliphatic carbocycles. The Morgan fingerprint density at radius 2 is 2.31 bits per heavy atom. The Balaban J connectivity index is 2.09. The SMILES string of the molecule is CCNC(c1cnc(C)s1)C1CCOCC1. The molecule has 0 amide bonds. The van der Waals surface area contributed by atoms with Gasteiger partial charge in [0, 0.05) is 30.3 Å². The van der Waals surface area contributed by atoms with E-state index in [9.17, 15) is 0 Å². The number of rotatable bonds is 4. The van der Waals surface area contributed by atoms with Gasteiger partial charge in [-0.1, -0.05) is 6.92 Å². The number of nitrogens with zero attached hydrogens (tertiary/aromatic N) is 1. The van der Waals surface area contributed by atoms with Crippen LogP contribution in [-0.4, -0.2) is 24.7 Å². The van der Waals surface area contributed by atoms with Crippen molar-refractivity contribution in [2.45, 2.75) is 32.7 Å². The maximum atomic E-state index is 5.43. The molecule has 1 N–H and O–H groups in total. The molecule has 1 atom stereocenters. The van der Waals surface area contributed by atoms with Crippen molar-refractivity contribution in [3.8, 4) is 0 Å². The molecule has 1 fully saturated rings. The van der Waals surface area contributed by atoms with Crippen molar-refractivity contribution in [3.05, 3.63) is 16.1 Å². The van der Waals surface area contributed by atoms with Gasteiger partial charge in [0.2, 0.25) is 0 Å². The van der Waals surface area contributed by atoms with Crippen LogP contribution in [-0.2, 0) is 4.74 Å². The summed E-state index contributed by atoms with van der Waals surface area (Å²) in [5, 5.41) is 4.75. The van der Waals surface area contributed by atoms with E-state index in [1.165, 1.54) is 4.88 Å². The summed E-state index contributed by atoms with van der Waals surface area (Å²) in [5.41, 5.74) is 0. The number of hydrogen-bond donors (Lipinski definition) is 1. The predicted molar refractivity (Wildman–Crippen MR) is 66.8 cm³/mol. The van der Waals surface area contributed by atoms with Gasteiger partial charge in [0.25, 0.3) is 0 Å².